The molecule has 0 saturated carbocycles. The van der Waals surface area contributed by atoms with Crippen LogP contribution in [0, 0.1) is 0 Å². The Bertz CT molecular complexity index is 683. The topological polar surface area (TPSA) is 41.1 Å². The van der Waals surface area contributed by atoms with Crippen LogP contribution in [0.5, 0.6) is 0 Å². The molecule has 0 aliphatic carbocycles. The lowest BCUT2D eigenvalue weighted by Crippen LogP contribution is -2.36. The standard InChI is InChI=1S/C17H19ClF3N3O/c18-16-2-1-13(17(19,20)21)7-12(16)9-24-5-3-15(4-6-24)25-10-14-8-22-11-23-14/h1-2,7-8,11,15H,3-6,9-10H2,(H,22,23). The fourth-order valence-electron chi connectivity index (χ4n) is 2.92. The summed E-state index contributed by atoms with van der Waals surface area (Å²) in [4.78, 5) is 9.10. The molecule has 1 aromatic heterocycles. The number of halogens is 4. The Hall–Kier alpha value is -1.57. The fraction of sp³-hybridized carbons (Fsp3) is 0.471. The molecule has 0 radical (unpaired) electrons. The number of likely N-dealkylation sites (tertiary alicyclic amines) is 1. The summed E-state index contributed by atoms with van der Waals surface area (Å²) in [7, 11) is 0. The molecule has 1 N–H and O–H groups in total. The number of nitrogens with one attached hydrogen (secondary N) is 1. The van der Waals surface area contributed by atoms with Crippen molar-refractivity contribution in [1.82, 2.24) is 14.9 Å². The van der Waals surface area contributed by atoms with Gasteiger partial charge in [0.25, 0.3) is 0 Å². The fourth-order valence-corrected chi connectivity index (χ4v) is 3.10. The predicted octanol–water partition coefficient (Wildman–Crippen LogP) is 4.26. The molecule has 0 atom stereocenters. The summed E-state index contributed by atoms with van der Waals surface area (Å²) < 4.78 is 44.4. The third kappa shape index (κ3) is 4.96. The van der Waals surface area contributed by atoms with Crippen molar-refractivity contribution in [3.05, 3.63) is 52.6 Å². The van der Waals surface area contributed by atoms with E-state index >= 15 is 0 Å². The van der Waals surface area contributed by atoms with Gasteiger partial charge in [0.2, 0.25) is 0 Å². The van der Waals surface area contributed by atoms with Crippen molar-refractivity contribution in [2.75, 3.05) is 13.1 Å². The van der Waals surface area contributed by atoms with E-state index in [1.165, 1.54) is 6.07 Å². The first-order valence-electron chi connectivity index (χ1n) is 8.09. The Morgan fingerprint density at radius 3 is 2.68 bits per heavy atom. The van der Waals surface area contributed by atoms with Crippen LogP contribution in [0.15, 0.2) is 30.7 Å². The van der Waals surface area contributed by atoms with Gasteiger partial charge >= 0.3 is 6.18 Å². The molecule has 1 aliphatic rings. The van der Waals surface area contributed by atoms with Gasteiger partial charge < -0.3 is 9.72 Å². The van der Waals surface area contributed by atoms with Crippen LogP contribution in [0.2, 0.25) is 5.02 Å². The van der Waals surface area contributed by atoms with E-state index in [0.29, 0.717) is 23.7 Å². The summed E-state index contributed by atoms with van der Waals surface area (Å²) >= 11 is 6.07. The molecule has 1 aliphatic heterocycles. The zero-order chi connectivity index (χ0) is 17.9. The van der Waals surface area contributed by atoms with Gasteiger partial charge in [-0.15, -0.1) is 0 Å². The molecule has 0 unspecified atom stereocenters. The van der Waals surface area contributed by atoms with Crippen molar-refractivity contribution >= 4 is 11.6 Å². The summed E-state index contributed by atoms with van der Waals surface area (Å²) in [6, 6.07) is 3.48. The zero-order valence-electron chi connectivity index (χ0n) is 13.5. The van der Waals surface area contributed by atoms with Gasteiger partial charge in [-0.05, 0) is 36.6 Å². The maximum atomic E-state index is 12.9. The van der Waals surface area contributed by atoms with Gasteiger partial charge in [0.05, 0.1) is 30.3 Å². The summed E-state index contributed by atoms with van der Waals surface area (Å²) in [6.07, 6.45) is 0.865. The number of piperidine rings is 1. The van der Waals surface area contributed by atoms with Crippen molar-refractivity contribution in [2.45, 2.75) is 38.3 Å². The van der Waals surface area contributed by atoms with E-state index in [0.717, 1.165) is 43.8 Å². The molecule has 1 saturated heterocycles. The Morgan fingerprint density at radius 2 is 2.04 bits per heavy atom. The van der Waals surface area contributed by atoms with Gasteiger partial charge in [0.1, 0.15) is 0 Å². The first-order chi connectivity index (χ1) is 11.9. The lowest BCUT2D eigenvalue weighted by Gasteiger charge is -2.32. The summed E-state index contributed by atoms with van der Waals surface area (Å²) in [5.41, 5.74) is 0.703. The number of alkyl halides is 3. The SMILES string of the molecule is FC(F)(F)c1ccc(Cl)c(CN2CCC(OCc3c[nH]cn3)CC2)c1. The van der Waals surface area contributed by atoms with E-state index in [9.17, 15) is 13.2 Å². The first-order valence-corrected chi connectivity index (χ1v) is 8.47. The minimum atomic E-state index is -4.35. The highest BCUT2D eigenvalue weighted by atomic mass is 35.5. The molecule has 25 heavy (non-hydrogen) atoms. The first kappa shape index (κ1) is 18.2. The van der Waals surface area contributed by atoms with Gasteiger partial charge in [-0.25, -0.2) is 4.98 Å². The molecule has 2 heterocycles. The third-order valence-electron chi connectivity index (χ3n) is 4.32. The van der Waals surface area contributed by atoms with Gasteiger partial charge in [0.15, 0.2) is 0 Å². The molecule has 136 valence electrons. The molecule has 0 amide bonds. The molecule has 2 aromatic rings. The number of ether oxygens (including phenoxy) is 1. The second-order valence-corrected chi connectivity index (χ2v) is 6.56. The molecule has 0 spiro atoms. The lowest BCUT2D eigenvalue weighted by molar-refractivity contribution is -0.137. The number of nitrogens with zero attached hydrogens (tertiary/aromatic N) is 2. The van der Waals surface area contributed by atoms with Crippen LogP contribution in [0.3, 0.4) is 0 Å². The average molecular weight is 374 g/mol. The monoisotopic (exact) mass is 373 g/mol. The van der Waals surface area contributed by atoms with Crippen molar-refractivity contribution in [2.24, 2.45) is 0 Å². The number of aromatic amines is 1. The van der Waals surface area contributed by atoms with Crippen LogP contribution in [0.25, 0.3) is 0 Å². The molecular weight excluding hydrogens is 355 g/mol. The van der Waals surface area contributed by atoms with Crippen LogP contribution < -0.4 is 0 Å². The van der Waals surface area contributed by atoms with Crippen LogP contribution in [-0.2, 0) is 24.1 Å². The highest BCUT2D eigenvalue weighted by molar-refractivity contribution is 6.31. The van der Waals surface area contributed by atoms with Crippen LogP contribution in [0.1, 0.15) is 29.7 Å². The number of benzene rings is 1. The predicted molar refractivity (Wildman–Crippen MR) is 88.1 cm³/mol. The highest BCUT2D eigenvalue weighted by Crippen LogP contribution is 2.32. The van der Waals surface area contributed by atoms with Gasteiger partial charge in [0, 0.05) is 30.9 Å². The van der Waals surface area contributed by atoms with Crippen molar-refractivity contribution in [1.29, 1.82) is 0 Å². The van der Waals surface area contributed by atoms with Gasteiger partial charge in [-0.2, -0.15) is 13.2 Å². The molecule has 0 bridgehead atoms. The number of aromatic nitrogens is 2. The second kappa shape index (κ2) is 7.76. The molecule has 4 nitrogen and oxygen atoms in total. The van der Waals surface area contributed by atoms with E-state index in [1.807, 2.05) is 0 Å². The van der Waals surface area contributed by atoms with E-state index in [2.05, 4.69) is 14.9 Å². The maximum absolute atomic E-state index is 12.9. The van der Waals surface area contributed by atoms with Crippen molar-refractivity contribution in [3.63, 3.8) is 0 Å². The molecular formula is C17H19ClF3N3O. The van der Waals surface area contributed by atoms with Crippen molar-refractivity contribution < 1.29 is 17.9 Å². The molecule has 3 rings (SSSR count). The van der Waals surface area contributed by atoms with E-state index in [4.69, 9.17) is 16.3 Å². The Morgan fingerprint density at radius 1 is 1.28 bits per heavy atom. The molecule has 1 fully saturated rings. The maximum Gasteiger partial charge on any atom is 0.416 e. The molecule has 1 aromatic carbocycles. The smallest absolute Gasteiger partial charge is 0.372 e. The summed E-state index contributed by atoms with van der Waals surface area (Å²) in [5, 5.41) is 0.366. The largest absolute Gasteiger partial charge is 0.416 e. The average Bonchev–Trinajstić information content (AvgIpc) is 3.09. The quantitative estimate of drug-likeness (QED) is 0.851. The van der Waals surface area contributed by atoms with Crippen LogP contribution in [0.4, 0.5) is 13.2 Å². The van der Waals surface area contributed by atoms with Crippen LogP contribution >= 0.6 is 11.6 Å². The summed E-state index contributed by atoms with van der Waals surface area (Å²) in [5.74, 6) is 0. The van der Waals surface area contributed by atoms with E-state index in [-0.39, 0.29) is 6.10 Å². The highest BCUT2D eigenvalue weighted by Gasteiger charge is 2.31. The minimum Gasteiger partial charge on any atom is -0.372 e. The number of rotatable bonds is 5. The Kier molecular flexibility index (Phi) is 5.66. The number of imidazole rings is 1. The number of H-pyrrole nitrogens is 1. The number of hydrogen-bond donors (Lipinski definition) is 1. The summed E-state index contributed by atoms with van der Waals surface area (Å²) in [6.45, 7) is 2.40. The second-order valence-electron chi connectivity index (χ2n) is 6.15. The van der Waals surface area contributed by atoms with E-state index in [1.54, 1.807) is 12.5 Å². The van der Waals surface area contributed by atoms with Crippen molar-refractivity contribution in [3.8, 4) is 0 Å². The lowest BCUT2D eigenvalue weighted by atomic mass is 10.1. The zero-order valence-corrected chi connectivity index (χ0v) is 14.3. The Labute approximate surface area is 149 Å². The Balaban J connectivity index is 1.52. The minimum absolute atomic E-state index is 0.143. The van der Waals surface area contributed by atoms with Gasteiger partial charge in [-0.1, -0.05) is 11.6 Å². The van der Waals surface area contributed by atoms with E-state index < -0.39 is 11.7 Å². The van der Waals surface area contributed by atoms with Gasteiger partial charge in [-0.3, -0.25) is 4.90 Å². The van der Waals surface area contributed by atoms with Crippen LogP contribution in [-0.4, -0.2) is 34.1 Å². The number of hydrogen-bond acceptors (Lipinski definition) is 3. The third-order valence-corrected chi connectivity index (χ3v) is 4.69. The molecule has 8 heteroatoms. The normalized spacial score (nSPS) is 17.1.